The monoisotopic (exact) mass is 384 g/mol. The van der Waals surface area contributed by atoms with Gasteiger partial charge in [0.1, 0.15) is 5.75 Å². The average molecular weight is 384 g/mol. The molecule has 0 radical (unpaired) electrons. The van der Waals surface area contributed by atoms with Crippen molar-refractivity contribution in [2.75, 3.05) is 35.0 Å². The molecule has 0 atom stereocenters. The Balaban J connectivity index is 1.76. The molecule has 7 heteroatoms. The summed E-state index contributed by atoms with van der Waals surface area (Å²) in [6.07, 6.45) is 2.54. The molecule has 0 saturated carbocycles. The van der Waals surface area contributed by atoms with Crippen molar-refractivity contribution in [1.82, 2.24) is 10.3 Å². The maximum Gasteiger partial charge on any atom is 0.251 e. The topological polar surface area (TPSA) is 81.8 Å². The van der Waals surface area contributed by atoms with Crippen molar-refractivity contribution in [3.8, 4) is 23.0 Å². The minimum absolute atomic E-state index is 0.131. The number of methoxy groups -OCH3 is 4. The number of ether oxygens (including phenoxy) is 4. The van der Waals surface area contributed by atoms with E-state index >= 15 is 0 Å². The quantitative estimate of drug-likeness (QED) is 0.623. The van der Waals surface area contributed by atoms with Gasteiger partial charge in [0.15, 0.2) is 11.5 Å². The van der Waals surface area contributed by atoms with Gasteiger partial charge >= 0.3 is 0 Å². The largest absolute Gasteiger partial charge is 0.497 e. The van der Waals surface area contributed by atoms with Gasteiger partial charge in [-0.2, -0.15) is 0 Å². The van der Waals surface area contributed by atoms with Crippen LogP contribution in [0, 0.1) is 0 Å². The molecule has 0 bridgehead atoms. The second-order valence-corrected chi connectivity index (χ2v) is 6.12. The molecule has 0 aliphatic rings. The van der Waals surface area contributed by atoms with Gasteiger partial charge in [0.25, 0.3) is 5.91 Å². The molecule has 1 heterocycles. The summed E-state index contributed by atoms with van der Waals surface area (Å²) < 4.78 is 21.5. The highest BCUT2D eigenvalue weighted by Crippen LogP contribution is 2.44. The lowest BCUT2D eigenvalue weighted by Crippen LogP contribution is -2.25. The first kappa shape index (κ1) is 19.4. The Morgan fingerprint density at radius 3 is 2.29 bits per heavy atom. The van der Waals surface area contributed by atoms with E-state index in [1.807, 2.05) is 12.3 Å². The maximum atomic E-state index is 12.3. The Morgan fingerprint density at radius 2 is 1.68 bits per heavy atom. The average Bonchev–Trinajstić information content (AvgIpc) is 3.14. The summed E-state index contributed by atoms with van der Waals surface area (Å²) in [4.78, 5) is 15.6. The minimum atomic E-state index is -0.131. The Bertz CT molecular complexity index is 963. The molecule has 0 spiro atoms. The van der Waals surface area contributed by atoms with Crippen molar-refractivity contribution in [2.45, 2.75) is 6.42 Å². The van der Waals surface area contributed by atoms with Crippen molar-refractivity contribution < 1.29 is 23.7 Å². The Labute approximate surface area is 163 Å². The fourth-order valence-corrected chi connectivity index (χ4v) is 3.18. The van der Waals surface area contributed by atoms with Crippen LogP contribution in [0.5, 0.6) is 23.0 Å². The lowest BCUT2D eigenvalue weighted by atomic mass is 10.1. The van der Waals surface area contributed by atoms with Crippen molar-refractivity contribution in [3.63, 3.8) is 0 Å². The van der Waals surface area contributed by atoms with Crippen molar-refractivity contribution in [1.29, 1.82) is 0 Å². The van der Waals surface area contributed by atoms with Gasteiger partial charge in [0.2, 0.25) is 5.75 Å². The molecule has 28 heavy (non-hydrogen) atoms. The van der Waals surface area contributed by atoms with E-state index in [2.05, 4.69) is 10.3 Å². The first-order valence-electron chi connectivity index (χ1n) is 8.84. The number of hydrogen-bond acceptors (Lipinski definition) is 5. The van der Waals surface area contributed by atoms with Crippen molar-refractivity contribution >= 4 is 16.8 Å². The van der Waals surface area contributed by atoms with Crippen LogP contribution in [-0.4, -0.2) is 45.9 Å². The van der Waals surface area contributed by atoms with Gasteiger partial charge in [0.05, 0.1) is 34.0 Å². The third-order valence-corrected chi connectivity index (χ3v) is 4.59. The number of carbonyl (C=O) groups is 1. The Hall–Kier alpha value is -3.35. The summed E-state index contributed by atoms with van der Waals surface area (Å²) in [6, 6.07) is 8.87. The molecular weight excluding hydrogens is 360 g/mol. The number of aromatic amines is 1. The smallest absolute Gasteiger partial charge is 0.251 e. The van der Waals surface area contributed by atoms with Gasteiger partial charge in [-0.3, -0.25) is 4.79 Å². The van der Waals surface area contributed by atoms with Crippen LogP contribution in [0.1, 0.15) is 15.9 Å². The summed E-state index contributed by atoms with van der Waals surface area (Å²) in [6.45, 7) is 0.481. The number of fused-ring (bicyclic) bond motifs is 1. The van der Waals surface area contributed by atoms with Crippen LogP contribution in [0.4, 0.5) is 0 Å². The summed E-state index contributed by atoms with van der Waals surface area (Å²) in [5.41, 5.74) is 2.48. The van der Waals surface area contributed by atoms with Gasteiger partial charge in [-0.15, -0.1) is 0 Å². The second-order valence-electron chi connectivity index (χ2n) is 6.12. The van der Waals surface area contributed by atoms with E-state index in [1.54, 1.807) is 52.7 Å². The molecule has 2 aromatic carbocycles. The second kappa shape index (κ2) is 8.56. The normalized spacial score (nSPS) is 10.6. The van der Waals surface area contributed by atoms with Crippen LogP contribution in [0.25, 0.3) is 10.9 Å². The zero-order chi connectivity index (χ0) is 20.1. The number of amides is 1. The number of nitrogens with one attached hydrogen (secondary N) is 2. The van der Waals surface area contributed by atoms with E-state index in [-0.39, 0.29) is 5.91 Å². The summed E-state index contributed by atoms with van der Waals surface area (Å²) in [5.74, 6) is 2.32. The molecule has 2 N–H and O–H groups in total. The zero-order valence-electron chi connectivity index (χ0n) is 16.4. The molecule has 0 aliphatic carbocycles. The van der Waals surface area contributed by atoms with Crippen LogP contribution in [-0.2, 0) is 6.42 Å². The molecule has 0 unspecified atom stereocenters. The van der Waals surface area contributed by atoms with Gasteiger partial charge in [0, 0.05) is 29.8 Å². The summed E-state index contributed by atoms with van der Waals surface area (Å²) in [5, 5.41) is 3.85. The molecule has 1 aromatic heterocycles. The van der Waals surface area contributed by atoms with Crippen LogP contribution < -0.4 is 24.3 Å². The predicted molar refractivity (Wildman–Crippen MR) is 107 cm³/mol. The highest BCUT2D eigenvalue weighted by atomic mass is 16.5. The highest BCUT2D eigenvalue weighted by molar-refractivity contribution is 5.95. The summed E-state index contributed by atoms with van der Waals surface area (Å²) >= 11 is 0. The lowest BCUT2D eigenvalue weighted by Gasteiger charge is -2.14. The molecule has 0 fully saturated rings. The fraction of sp³-hybridized carbons (Fsp3) is 0.286. The Morgan fingerprint density at radius 1 is 0.964 bits per heavy atom. The standard InChI is InChI=1S/C21H24N2O5/c1-25-15-7-5-13(6-8-15)21(24)22-10-9-14-12-23-16-11-17(26-2)19(27-3)20(28-4)18(14)16/h5-8,11-12,23H,9-10H2,1-4H3,(H,22,24). The molecule has 148 valence electrons. The molecule has 3 rings (SSSR count). The lowest BCUT2D eigenvalue weighted by molar-refractivity contribution is 0.0954. The summed E-state index contributed by atoms with van der Waals surface area (Å²) in [7, 11) is 6.35. The van der Waals surface area contributed by atoms with E-state index in [4.69, 9.17) is 18.9 Å². The van der Waals surface area contributed by atoms with Gasteiger partial charge in [-0.05, 0) is 36.2 Å². The predicted octanol–water partition coefficient (Wildman–Crippen LogP) is 3.17. The Kier molecular flexibility index (Phi) is 5.93. The van der Waals surface area contributed by atoms with Crippen molar-refractivity contribution in [2.24, 2.45) is 0 Å². The fourth-order valence-electron chi connectivity index (χ4n) is 3.18. The van der Waals surface area contributed by atoms with E-state index in [1.165, 1.54) is 0 Å². The first-order valence-corrected chi connectivity index (χ1v) is 8.84. The molecule has 0 aliphatic heterocycles. The van der Waals surface area contributed by atoms with Crippen LogP contribution >= 0.6 is 0 Å². The van der Waals surface area contributed by atoms with Crippen LogP contribution in [0.3, 0.4) is 0 Å². The molecule has 0 saturated heterocycles. The molecule has 7 nitrogen and oxygen atoms in total. The van der Waals surface area contributed by atoms with Gasteiger partial charge in [-0.25, -0.2) is 0 Å². The number of H-pyrrole nitrogens is 1. The minimum Gasteiger partial charge on any atom is -0.497 e. The number of carbonyl (C=O) groups excluding carboxylic acids is 1. The SMILES string of the molecule is COc1ccc(C(=O)NCCc2c[nH]c3cc(OC)c(OC)c(OC)c23)cc1. The maximum absolute atomic E-state index is 12.3. The van der Waals surface area contributed by atoms with Crippen LogP contribution in [0.2, 0.25) is 0 Å². The van der Waals surface area contributed by atoms with Crippen LogP contribution in [0.15, 0.2) is 36.5 Å². The molecular formula is C21H24N2O5. The molecule has 3 aromatic rings. The first-order chi connectivity index (χ1) is 13.6. The number of rotatable bonds is 8. The number of benzene rings is 2. The third-order valence-electron chi connectivity index (χ3n) is 4.59. The number of hydrogen-bond donors (Lipinski definition) is 2. The van der Waals surface area contributed by atoms with Gasteiger partial charge in [-0.1, -0.05) is 0 Å². The van der Waals surface area contributed by atoms with Crippen molar-refractivity contribution in [3.05, 3.63) is 47.7 Å². The number of aromatic nitrogens is 1. The molecule has 1 amide bonds. The zero-order valence-corrected chi connectivity index (χ0v) is 16.4. The van der Waals surface area contributed by atoms with E-state index in [9.17, 15) is 4.79 Å². The van der Waals surface area contributed by atoms with Gasteiger partial charge < -0.3 is 29.2 Å². The van der Waals surface area contributed by atoms with E-state index in [0.717, 1.165) is 16.5 Å². The third kappa shape index (κ3) is 3.69. The highest BCUT2D eigenvalue weighted by Gasteiger charge is 2.19. The van der Waals surface area contributed by atoms with E-state index in [0.29, 0.717) is 41.5 Å². The van der Waals surface area contributed by atoms with E-state index < -0.39 is 0 Å².